The Labute approximate surface area is 105 Å². The van der Waals surface area contributed by atoms with Gasteiger partial charge in [0, 0.05) is 6.42 Å². The number of nitrogens with zero attached hydrogens (tertiary/aromatic N) is 1. The van der Waals surface area contributed by atoms with E-state index in [1.807, 2.05) is 0 Å². The number of carboxylic acid groups (broad SMARTS) is 1. The van der Waals surface area contributed by atoms with Crippen LogP contribution >= 0.6 is 27.5 Å². The van der Waals surface area contributed by atoms with Gasteiger partial charge in [0.2, 0.25) is 5.91 Å². The lowest BCUT2D eigenvalue weighted by Crippen LogP contribution is -2.14. The number of nitrogens with one attached hydrogen (secondary N) is 1. The van der Waals surface area contributed by atoms with Gasteiger partial charge in [-0.15, -0.1) is 0 Å². The normalized spacial score (nSPS) is 9.88. The van der Waals surface area contributed by atoms with Crippen LogP contribution in [-0.2, 0) is 9.59 Å². The van der Waals surface area contributed by atoms with Gasteiger partial charge in [0.1, 0.15) is 11.0 Å². The Hall–Kier alpha value is -1.14. The molecule has 0 unspecified atom stereocenters. The van der Waals surface area contributed by atoms with Crippen LogP contribution < -0.4 is 5.32 Å². The Bertz CT molecular complexity index is 425. The first-order chi connectivity index (χ1) is 7.49. The number of anilines is 1. The van der Waals surface area contributed by atoms with Crippen LogP contribution in [0.25, 0.3) is 0 Å². The molecule has 1 rings (SSSR count). The number of amides is 1. The van der Waals surface area contributed by atoms with Gasteiger partial charge in [-0.2, -0.15) is 0 Å². The van der Waals surface area contributed by atoms with Crippen molar-refractivity contribution in [3.63, 3.8) is 0 Å². The highest BCUT2D eigenvalue weighted by atomic mass is 79.9. The predicted octanol–water partition coefficient (Wildman–Crippen LogP) is 2.30. The minimum absolute atomic E-state index is 0.0926. The minimum Gasteiger partial charge on any atom is -0.481 e. The summed E-state index contributed by atoms with van der Waals surface area (Å²) < 4.78 is 0.623. The molecule has 7 heteroatoms. The first-order valence-electron chi connectivity index (χ1n) is 4.32. The van der Waals surface area contributed by atoms with Crippen LogP contribution in [0.2, 0.25) is 5.15 Å². The summed E-state index contributed by atoms with van der Waals surface area (Å²) >= 11 is 8.88. The molecule has 16 heavy (non-hydrogen) atoms. The quantitative estimate of drug-likeness (QED) is 0.837. The molecule has 0 radical (unpaired) electrons. The lowest BCUT2D eigenvalue weighted by molar-refractivity contribution is -0.138. The summed E-state index contributed by atoms with van der Waals surface area (Å²) in [6, 6.07) is 3.21. The summed E-state index contributed by atoms with van der Waals surface area (Å²) in [4.78, 5) is 25.4. The van der Waals surface area contributed by atoms with Crippen molar-refractivity contribution in [2.24, 2.45) is 0 Å². The summed E-state index contributed by atoms with van der Waals surface area (Å²) in [6.45, 7) is 0. The van der Waals surface area contributed by atoms with Crippen molar-refractivity contribution < 1.29 is 14.7 Å². The van der Waals surface area contributed by atoms with E-state index in [1.165, 1.54) is 0 Å². The van der Waals surface area contributed by atoms with Gasteiger partial charge in [-0.1, -0.05) is 11.6 Å². The van der Waals surface area contributed by atoms with E-state index in [1.54, 1.807) is 12.1 Å². The monoisotopic (exact) mass is 306 g/mol. The summed E-state index contributed by atoms with van der Waals surface area (Å²) in [5, 5.41) is 11.1. The number of hydrogen-bond acceptors (Lipinski definition) is 3. The Morgan fingerprint density at radius 2 is 2.12 bits per heavy atom. The lowest BCUT2D eigenvalue weighted by Gasteiger charge is -2.04. The van der Waals surface area contributed by atoms with Gasteiger partial charge < -0.3 is 10.4 Å². The molecule has 0 saturated carbocycles. The second-order valence-electron chi connectivity index (χ2n) is 2.91. The SMILES string of the molecule is O=C(O)CCC(=O)Nc1ccc(Br)c(Cl)n1. The third-order valence-corrected chi connectivity index (χ3v) is 2.79. The van der Waals surface area contributed by atoms with Crippen molar-refractivity contribution in [2.45, 2.75) is 12.8 Å². The number of carbonyl (C=O) groups excluding carboxylic acids is 1. The number of carboxylic acids is 1. The first kappa shape index (κ1) is 12.9. The largest absolute Gasteiger partial charge is 0.481 e. The third kappa shape index (κ3) is 4.16. The van der Waals surface area contributed by atoms with Crippen molar-refractivity contribution in [1.82, 2.24) is 4.98 Å². The maximum atomic E-state index is 11.2. The van der Waals surface area contributed by atoms with Gasteiger partial charge in [-0.3, -0.25) is 9.59 Å². The summed E-state index contributed by atoms with van der Waals surface area (Å²) in [7, 11) is 0. The molecule has 2 N–H and O–H groups in total. The highest BCUT2D eigenvalue weighted by Gasteiger charge is 2.07. The van der Waals surface area contributed by atoms with E-state index in [9.17, 15) is 9.59 Å². The molecule has 0 aliphatic rings. The van der Waals surface area contributed by atoms with Gasteiger partial charge in [-0.05, 0) is 28.1 Å². The topological polar surface area (TPSA) is 79.3 Å². The van der Waals surface area contributed by atoms with E-state index in [2.05, 4.69) is 26.2 Å². The van der Waals surface area contributed by atoms with Crippen LogP contribution in [0.5, 0.6) is 0 Å². The maximum Gasteiger partial charge on any atom is 0.303 e. The number of aliphatic carboxylic acids is 1. The van der Waals surface area contributed by atoms with E-state index in [0.29, 0.717) is 10.3 Å². The van der Waals surface area contributed by atoms with Crippen LogP contribution in [0, 0.1) is 0 Å². The Morgan fingerprint density at radius 3 is 2.69 bits per heavy atom. The first-order valence-corrected chi connectivity index (χ1v) is 5.50. The van der Waals surface area contributed by atoms with Crippen LogP contribution in [0.15, 0.2) is 16.6 Å². The molecule has 1 heterocycles. The number of rotatable bonds is 4. The van der Waals surface area contributed by atoms with Crippen LogP contribution in [0.3, 0.4) is 0 Å². The van der Waals surface area contributed by atoms with E-state index >= 15 is 0 Å². The van der Waals surface area contributed by atoms with Gasteiger partial charge in [0.05, 0.1) is 10.9 Å². The zero-order valence-electron chi connectivity index (χ0n) is 8.04. The van der Waals surface area contributed by atoms with E-state index in [0.717, 1.165) is 0 Å². The number of halogens is 2. The van der Waals surface area contributed by atoms with Crippen molar-refractivity contribution >= 4 is 45.2 Å². The van der Waals surface area contributed by atoms with E-state index in [4.69, 9.17) is 16.7 Å². The Balaban J connectivity index is 2.56. The molecule has 86 valence electrons. The average Bonchev–Trinajstić information content (AvgIpc) is 2.21. The fourth-order valence-corrected chi connectivity index (χ4v) is 1.29. The molecular formula is C9H8BrClN2O3. The van der Waals surface area contributed by atoms with E-state index in [-0.39, 0.29) is 18.0 Å². The number of aromatic nitrogens is 1. The fourth-order valence-electron chi connectivity index (χ4n) is 0.913. The molecule has 5 nitrogen and oxygen atoms in total. The Kier molecular flexibility index (Phi) is 4.70. The standard InChI is InChI=1S/C9H8BrClN2O3/c10-5-1-2-6(13-9(5)11)12-7(14)3-4-8(15)16/h1-2H,3-4H2,(H,15,16)(H,12,13,14). The summed E-state index contributed by atoms with van der Waals surface area (Å²) in [6.07, 6.45) is -0.305. The molecule has 0 spiro atoms. The van der Waals surface area contributed by atoms with Gasteiger partial charge in [0.15, 0.2) is 0 Å². The molecule has 0 aromatic carbocycles. The maximum absolute atomic E-state index is 11.2. The lowest BCUT2D eigenvalue weighted by atomic mass is 10.3. The second kappa shape index (κ2) is 5.81. The molecule has 0 atom stereocenters. The molecule has 1 aromatic rings. The predicted molar refractivity (Wildman–Crippen MR) is 62.4 cm³/mol. The molecule has 0 fully saturated rings. The minimum atomic E-state index is -1.02. The summed E-state index contributed by atoms with van der Waals surface area (Å²) in [5.74, 6) is -1.13. The van der Waals surface area contributed by atoms with Gasteiger partial charge in [0.25, 0.3) is 0 Å². The fraction of sp³-hybridized carbons (Fsp3) is 0.222. The van der Waals surface area contributed by atoms with Crippen LogP contribution in [0.1, 0.15) is 12.8 Å². The number of hydrogen-bond donors (Lipinski definition) is 2. The van der Waals surface area contributed by atoms with Crippen molar-refractivity contribution in [1.29, 1.82) is 0 Å². The van der Waals surface area contributed by atoms with E-state index < -0.39 is 11.9 Å². The molecule has 1 aromatic heterocycles. The molecule has 0 saturated heterocycles. The number of pyridine rings is 1. The molecule has 0 aliphatic carbocycles. The second-order valence-corrected chi connectivity index (χ2v) is 4.12. The molecular weight excluding hydrogens is 299 g/mol. The molecule has 1 amide bonds. The average molecular weight is 308 g/mol. The highest BCUT2D eigenvalue weighted by Crippen LogP contribution is 2.21. The number of carbonyl (C=O) groups is 2. The Morgan fingerprint density at radius 1 is 1.44 bits per heavy atom. The molecule has 0 aliphatic heterocycles. The smallest absolute Gasteiger partial charge is 0.303 e. The van der Waals surface area contributed by atoms with Crippen LogP contribution in [-0.4, -0.2) is 22.0 Å². The van der Waals surface area contributed by atoms with Gasteiger partial charge >= 0.3 is 5.97 Å². The summed E-state index contributed by atoms with van der Waals surface area (Å²) in [5.41, 5.74) is 0. The highest BCUT2D eigenvalue weighted by molar-refractivity contribution is 9.10. The van der Waals surface area contributed by atoms with Crippen LogP contribution in [0.4, 0.5) is 5.82 Å². The third-order valence-electron chi connectivity index (χ3n) is 1.64. The van der Waals surface area contributed by atoms with Crippen molar-refractivity contribution in [3.05, 3.63) is 21.8 Å². The van der Waals surface area contributed by atoms with Gasteiger partial charge in [-0.25, -0.2) is 4.98 Å². The molecule has 0 bridgehead atoms. The zero-order valence-corrected chi connectivity index (χ0v) is 10.4. The van der Waals surface area contributed by atoms with Crippen molar-refractivity contribution in [2.75, 3.05) is 5.32 Å². The van der Waals surface area contributed by atoms with Crippen molar-refractivity contribution in [3.8, 4) is 0 Å². The zero-order chi connectivity index (χ0) is 12.1.